The summed E-state index contributed by atoms with van der Waals surface area (Å²) in [4.78, 5) is 31.4. The van der Waals surface area contributed by atoms with Crippen molar-refractivity contribution in [1.82, 2.24) is 19.6 Å². The summed E-state index contributed by atoms with van der Waals surface area (Å²) in [6.45, 7) is 21.7. The second kappa shape index (κ2) is 13.5. The van der Waals surface area contributed by atoms with Crippen LogP contribution in [0.3, 0.4) is 0 Å². The quantitative estimate of drug-likeness (QED) is 0.618. The number of rotatable bonds is 4. The molecule has 0 aromatic heterocycles. The fraction of sp³-hybridized carbons (Fsp3) is 0.917. The van der Waals surface area contributed by atoms with Crippen LogP contribution in [0.2, 0.25) is 0 Å². The zero-order valence-corrected chi connectivity index (χ0v) is 22.5. The minimum Gasteiger partial charge on any atom is -0.444 e. The van der Waals surface area contributed by atoms with Gasteiger partial charge >= 0.3 is 12.2 Å². The third-order valence-corrected chi connectivity index (χ3v) is 5.40. The molecule has 0 spiro atoms. The van der Waals surface area contributed by atoms with Gasteiger partial charge in [-0.05, 0) is 55.4 Å². The van der Waals surface area contributed by atoms with E-state index in [2.05, 4.69) is 9.80 Å². The van der Waals surface area contributed by atoms with E-state index in [4.69, 9.17) is 14.6 Å². The van der Waals surface area contributed by atoms with Crippen molar-refractivity contribution in [3.05, 3.63) is 0 Å². The van der Waals surface area contributed by atoms with Crippen molar-refractivity contribution in [1.29, 1.82) is 0 Å². The van der Waals surface area contributed by atoms with Crippen molar-refractivity contribution in [2.45, 2.75) is 78.7 Å². The summed E-state index contributed by atoms with van der Waals surface area (Å²) < 4.78 is 10.6. The standard InChI is InChI=1S/2C12H24N2O3/c1-10(9-15)13-5-7-14(8-6-13)11(16)17-12(2,3)4;1-10(15)9-13-5-7-14(8-6-13)11(16)17-12(2,3)4/h2*10,15H,5-9H2,1-4H3. The third kappa shape index (κ3) is 12.2. The molecule has 2 saturated heterocycles. The Hall–Kier alpha value is -1.62. The molecule has 2 heterocycles. The lowest BCUT2D eigenvalue weighted by molar-refractivity contribution is 0.00785. The topological polar surface area (TPSA) is 106 Å². The fourth-order valence-corrected chi connectivity index (χ4v) is 3.60. The average molecular weight is 489 g/mol. The molecular weight excluding hydrogens is 440 g/mol. The Morgan fingerprint density at radius 2 is 1.15 bits per heavy atom. The van der Waals surface area contributed by atoms with Crippen LogP contribution in [0.15, 0.2) is 0 Å². The Kier molecular flexibility index (Phi) is 12.0. The Bertz CT molecular complexity index is 616. The molecule has 2 N–H and O–H groups in total. The maximum Gasteiger partial charge on any atom is 0.410 e. The molecule has 2 atom stereocenters. The predicted molar refractivity (Wildman–Crippen MR) is 132 cm³/mol. The first-order valence-corrected chi connectivity index (χ1v) is 12.3. The van der Waals surface area contributed by atoms with Crippen molar-refractivity contribution >= 4 is 12.2 Å². The first kappa shape index (κ1) is 30.4. The highest BCUT2D eigenvalue weighted by Gasteiger charge is 2.28. The van der Waals surface area contributed by atoms with E-state index < -0.39 is 11.2 Å². The van der Waals surface area contributed by atoms with Gasteiger partial charge in [0.05, 0.1) is 12.7 Å². The summed E-state index contributed by atoms with van der Waals surface area (Å²) in [6.07, 6.45) is -0.800. The van der Waals surface area contributed by atoms with E-state index >= 15 is 0 Å². The molecule has 2 aliphatic rings. The number of aliphatic hydroxyl groups is 2. The van der Waals surface area contributed by atoms with Crippen molar-refractivity contribution in [2.24, 2.45) is 0 Å². The average Bonchev–Trinajstić information content (AvgIpc) is 2.71. The highest BCUT2D eigenvalue weighted by molar-refractivity contribution is 5.68. The molecule has 0 radical (unpaired) electrons. The zero-order chi connectivity index (χ0) is 26.1. The summed E-state index contributed by atoms with van der Waals surface area (Å²) in [6, 6.07) is 0.163. The molecule has 10 heteroatoms. The van der Waals surface area contributed by atoms with Gasteiger partial charge in [0, 0.05) is 64.9 Å². The van der Waals surface area contributed by atoms with E-state index in [0.29, 0.717) is 32.7 Å². The number of ether oxygens (including phenoxy) is 2. The largest absolute Gasteiger partial charge is 0.444 e. The number of aliphatic hydroxyl groups excluding tert-OH is 2. The van der Waals surface area contributed by atoms with Gasteiger partial charge < -0.3 is 29.5 Å². The van der Waals surface area contributed by atoms with Crippen LogP contribution in [0.1, 0.15) is 55.4 Å². The van der Waals surface area contributed by atoms with Crippen LogP contribution in [-0.2, 0) is 9.47 Å². The molecule has 0 aliphatic carbocycles. The van der Waals surface area contributed by atoms with Gasteiger partial charge in [0.25, 0.3) is 0 Å². The molecule has 2 amide bonds. The highest BCUT2D eigenvalue weighted by atomic mass is 16.6. The Morgan fingerprint density at radius 3 is 1.47 bits per heavy atom. The van der Waals surface area contributed by atoms with Gasteiger partial charge in [0.2, 0.25) is 0 Å². The second-order valence-corrected chi connectivity index (χ2v) is 11.2. The molecule has 200 valence electrons. The van der Waals surface area contributed by atoms with Gasteiger partial charge in [0.15, 0.2) is 0 Å². The SMILES string of the molecule is CC(CO)N1CCN(C(=O)OC(C)(C)C)CC1.CC(O)CN1CCN(C(=O)OC(C)(C)C)CC1. The number of amides is 2. The highest BCUT2D eigenvalue weighted by Crippen LogP contribution is 2.13. The third-order valence-electron chi connectivity index (χ3n) is 5.40. The predicted octanol–water partition coefficient (Wildman–Crippen LogP) is 1.84. The summed E-state index contributed by atoms with van der Waals surface area (Å²) in [5.74, 6) is 0. The minimum absolute atomic E-state index is 0.159. The number of hydrogen-bond donors (Lipinski definition) is 2. The van der Waals surface area contributed by atoms with E-state index in [1.165, 1.54) is 0 Å². The van der Waals surface area contributed by atoms with E-state index in [-0.39, 0.29) is 30.9 Å². The summed E-state index contributed by atoms with van der Waals surface area (Å²) in [5, 5.41) is 18.4. The molecule has 0 saturated carbocycles. The first-order valence-electron chi connectivity index (χ1n) is 12.3. The number of carbonyl (C=O) groups excluding carboxylic acids is 2. The lowest BCUT2D eigenvalue weighted by Gasteiger charge is -2.37. The lowest BCUT2D eigenvalue weighted by Crippen LogP contribution is -2.52. The van der Waals surface area contributed by atoms with Crippen molar-refractivity contribution in [3.63, 3.8) is 0 Å². The van der Waals surface area contributed by atoms with E-state index in [9.17, 15) is 14.7 Å². The number of carbonyl (C=O) groups is 2. The van der Waals surface area contributed by atoms with Crippen LogP contribution in [0.5, 0.6) is 0 Å². The van der Waals surface area contributed by atoms with Crippen molar-refractivity contribution in [2.75, 3.05) is 65.5 Å². The lowest BCUT2D eigenvalue weighted by atomic mass is 10.2. The van der Waals surface area contributed by atoms with Crippen LogP contribution in [0.4, 0.5) is 9.59 Å². The van der Waals surface area contributed by atoms with Gasteiger partial charge in [0.1, 0.15) is 11.2 Å². The number of piperazine rings is 2. The molecule has 2 unspecified atom stereocenters. The Labute approximate surface area is 205 Å². The smallest absolute Gasteiger partial charge is 0.410 e. The molecule has 2 rings (SSSR count). The molecule has 2 fully saturated rings. The van der Waals surface area contributed by atoms with E-state index in [0.717, 1.165) is 26.2 Å². The molecule has 34 heavy (non-hydrogen) atoms. The van der Waals surface area contributed by atoms with Crippen LogP contribution >= 0.6 is 0 Å². The van der Waals surface area contributed by atoms with Crippen molar-refractivity contribution in [3.8, 4) is 0 Å². The molecule has 0 aromatic rings. The summed E-state index contributed by atoms with van der Waals surface area (Å²) in [5.41, 5.74) is -0.875. The first-order chi connectivity index (χ1) is 15.6. The molecule has 0 bridgehead atoms. The van der Waals surface area contributed by atoms with Gasteiger partial charge in [-0.15, -0.1) is 0 Å². The molecule has 0 aromatic carbocycles. The Morgan fingerprint density at radius 1 is 0.765 bits per heavy atom. The normalized spacial score (nSPS) is 20.2. The van der Waals surface area contributed by atoms with Crippen molar-refractivity contribution < 1.29 is 29.3 Å². The molecular formula is C24H48N4O6. The van der Waals surface area contributed by atoms with Gasteiger partial charge in [-0.25, -0.2) is 9.59 Å². The zero-order valence-electron chi connectivity index (χ0n) is 22.5. The van der Waals surface area contributed by atoms with Gasteiger partial charge in [-0.1, -0.05) is 0 Å². The second-order valence-electron chi connectivity index (χ2n) is 11.2. The van der Waals surface area contributed by atoms with E-state index in [1.807, 2.05) is 48.5 Å². The van der Waals surface area contributed by atoms with Gasteiger partial charge in [-0.2, -0.15) is 0 Å². The van der Waals surface area contributed by atoms with E-state index in [1.54, 1.807) is 16.7 Å². The van der Waals surface area contributed by atoms with Crippen LogP contribution in [-0.4, -0.2) is 131 Å². The number of β-amino-alcohol motifs (C(OH)–C–C–N with tert-alkyl or cyclic N) is 1. The van der Waals surface area contributed by atoms with Gasteiger partial charge in [-0.3, -0.25) is 9.80 Å². The summed E-state index contributed by atoms with van der Waals surface area (Å²) >= 11 is 0. The number of nitrogens with zero attached hydrogens (tertiary/aromatic N) is 4. The fourth-order valence-electron chi connectivity index (χ4n) is 3.60. The molecule has 2 aliphatic heterocycles. The minimum atomic E-state index is -0.438. The summed E-state index contributed by atoms with van der Waals surface area (Å²) in [7, 11) is 0. The van der Waals surface area contributed by atoms with Crippen LogP contribution < -0.4 is 0 Å². The van der Waals surface area contributed by atoms with Crippen LogP contribution in [0.25, 0.3) is 0 Å². The maximum absolute atomic E-state index is 11.8. The Balaban J connectivity index is 0.000000340. The van der Waals surface area contributed by atoms with Crippen LogP contribution in [0, 0.1) is 0 Å². The monoisotopic (exact) mass is 488 g/mol. The molecule has 10 nitrogen and oxygen atoms in total. The maximum atomic E-state index is 11.8. The number of hydrogen-bond acceptors (Lipinski definition) is 8.